The van der Waals surface area contributed by atoms with Crippen LogP contribution in [0.3, 0.4) is 0 Å². The molecule has 7 heteroatoms. The average molecular weight is 511 g/mol. The van der Waals surface area contributed by atoms with Crippen LogP contribution in [0.15, 0.2) is 71.2 Å². The smallest absolute Gasteiger partial charge is 0.279 e. The molecule has 0 aliphatic heterocycles. The second-order valence-corrected chi connectivity index (χ2v) is 8.53. The zero-order valence-corrected chi connectivity index (χ0v) is 20.4. The fourth-order valence-electron chi connectivity index (χ4n) is 3.02. The molecule has 0 bridgehead atoms. The van der Waals surface area contributed by atoms with Gasteiger partial charge in [0, 0.05) is 12.0 Å². The molecule has 6 nitrogen and oxygen atoms in total. The SMILES string of the molecule is Cc1ccc(OC(C)C(=O)NNC(=O)c2ccc(OCCc3ccccc3)c(Br)c2)cc1C. The Bertz CT molecular complexity index is 1120. The molecule has 0 saturated heterocycles. The number of halogens is 1. The van der Waals surface area contributed by atoms with E-state index in [1.54, 1.807) is 25.1 Å². The molecule has 0 aromatic heterocycles. The lowest BCUT2D eigenvalue weighted by Gasteiger charge is -2.16. The summed E-state index contributed by atoms with van der Waals surface area (Å²) >= 11 is 3.44. The van der Waals surface area contributed by atoms with Gasteiger partial charge in [-0.15, -0.1) is 0 Å². The molecular weight excluding hydrogens is 484 g/mol. The molecule has 33 heavy (non-hydrogen) atoms. The maximum atomic E-state index is 12.4. The Kier molecular flexibility index (Phi) is 8.49. The minimum atomic E-state index is -0.778. The highest BCUT2D eigenvalue weighted by Gasteiger charge is 2.17. The summed E-state index contributed by atoms with van der Waals surface area (Å²) in [5.41, 5.74) is 8.61. The highest BCUT2D eigenvalue weighted by molar-refractivity contribution is 9.10. The number of carbonyl (C=O) groups is 2. The number of hydrazine groups is 1. The van der Waals surface area contributed by atoms with Crippen molar-refractivity contribution in [1.29, 1.82) is 0 Å². The summed E-state index contributed by atoms with van der Waals surface area (Å²) in [6.45, 7) is 6.12. The van der Waals surface area contributed by atoms with Gasteiger partial charge in [0.2, 0.25) is 0 Å². The van der Waals surface area contributed by atoms with E-state index in [1.165, 1.54) is 5.56 Å². The van der Waals surface area contributed by atoms with Crippen molar-refractivity contribution in [1.82, 2.24) is 10.9 Å². The maximum Gasteiger partial charge on any atom is 0.279 e. The molecule has 172 valence electrons. The van der Waals surface area contributed by atoms with Crippen LogP contribution in [0.2, 0.25) is 0 Å². The van der Waals surface area contributed by atoms with Crippen LogP contribution in [0.4, 0.5) is 0 Å². The van der Waals surface area contributed by atoms with Crippen LogP contribution in [0.25, 0.3) is 0 Å². The first kappa shape index (κ1) is 24.3. The maximum absolute atomic E-state index is 12.4. The van der Waals surface area contributed by atoms with E-state index in [9.17, 15) is 9.59 Å². The number of benzene rings is 3. The van der Waals surface area contributed by atoms with Gasteiger partial charge in [-0.25, -0.2) is 0 Å². The molecule has 3 rings (SSSR count). The summed E-state index contributed by atoms with van der Waals surface area (Å²) in [5.74, 6) is 0.334. The number of rotatable bonds is 8. The van der Waals surface area contributed by atoms with E-state index in [2.05, 4.69) is 26.8 Å². The van der Waals surface area contributed by atoms with Crippen LogP contribution in [0, 0.1) is 13.8 Å². The van der Waals surface area contributed by atoms with Crippen molar-refractivity contribution in [3.05, 3.63) is 93.5 Å². The van der Waals surface area contributed by atoms with Crippen molar-refractivity contribution < 1.29 is 19.1 Å². The minimum Gasteiger partial charge on any atom is -0.492 e. The Morgan fingerprint density at radius 3 is 2.39 bits per heavy atom. The van der Waals surface area contributed by atoms with E-state index >= 15 is 0 Å². The van der Waals surface area contributed by atoms with Crippen LogP contribution < -0.4 is 20.3 Å². The third kappa shape index (κ3) is 7.08. The molecule has 0 spiro atoms. The van der Waals surface area contributed by atoms with Crippen LogP contribution in [0.1, 0.15) is 34.0 Å². The summed E-state index contributed by atoms with van der Waals surface area (Å²) in [5, 5.41) is 0. The monoisotopic (exact) mass is 510 g/mol. The van der Waals surface area contributed by atoms with Gasteiger partial charge in [-0.05, 0) is 83.7 Å². The summed E-state index contributed by atoms with van der Waals surface area (Å²) < 4.78 is 12.1. The molecule has 0 fully saturated rings. The van der Waals surface area contributed by atoms with E-state index < -0.39 is 17.9 Å². The molecule has 0 heterocycles. The van der Waals surface area contributed by atoms with Crippen molar-refractivity contribution >= 4 is 27.7 Å². The predicted molar refractivity (Wildman–Crippen MR) is 131 cm³/mol. The highest BCUT2D eigenvalue weighted by atomic mass is 79.9. The van der Waals surface area contributed by atoms with Crippen LogP contribution in [-0.4, -0.2) is 24.5 Å². The van der Waals surface area contributed by atoms with E-state index in [4.69, 9.17) is 9.47 Å². The number of hydrogen-bond acceptors (Lipinski definition) is 4. The predicted octanol–water partition coefficient (Wildman–Crippen LogP) is 4.92. The van der Waals surface area contributed by atoms with Crippen molar-refractivity contribution in [2.24, 2.45) is 0 Å². The summed E-state index contributed by atoms with van der Waals surface area (Å²) in [6, 6.07) is 20.7. The lowest BCUT2D eigenvalue weighted by molar-refractivity contribution is -0.128. The Labute approximate surface area is 202 Å². The van der Waals surface area contributed by atoms with Gasteiger partial charge < -0.3 is 9.47 Å². The van der Waals surface area contributed by atoms with Gasteiger partial charge >= 0.3 is 0 Å². The molecule has 0 radical (unpaired) electrons. The average Bonchev–Trinajstić information content (AvgIpc) is 2.81. The first-order valence-corrected chi connectivity index (χ1v) is 11.4. The van der Waals surface area contributed by atoms with Crippen LogP contribution in [-0.2, 0) is 11.2 Å². The first-order chi connectivity index (χ1) is 15.8. The van der Waals surface area contributed by atoms with E-state index in [0.717, 1.165) is 17.5 Å². The van der Waals surface area contributed by atoms with E-state index in [1.807, 2.05) is 62.4 Å². The molecule has 0 aliphatic carbocycles. The van der Waals surface area contributed by atoms with Crippen LogP contribution >= 0.6 is 15.9 Å². The number of ether oxygens (including phenoxy) is 2. The Morgan fingerprint density at radius 1 is 0.939 bits per heavy atom. The highest BCUT2D eigenvalue weighted by Crippen LogP contribution is 2.26. The zero-order valence-electron chi connectivity index (χ0n) is 18.9. The fraction of sp³-hybridized carbons (Fsp3) is 0.231. The molecule has 1 atom stereocenters. The van der Waals surface area contributed by atoms with Crippen molar-refractivity contribution in [3.63, 3.8) is 0 Å². The molecule has 2 N–H and O–H groups in total. The Hall–Kier alpha value is -3.32. The third-order valence-electron chi connectivity index (χ3n) is 5.14. The van der Waals surface area contributed by atoms with Crippen molar-refractivity contribution in [3.8, 4) is 11.5 Å². The lowest BCUT2D eigenvalue weighted by atomic mass is 10.1. The second kappa shape index (κ2) is 11.5. The number of carbonyl (C=O) groups excluding carboxylic acids is 2. The second-order valence-electron chi connectivity index (χ2n) is 7.68. The molecule has 3 aromatic carbocycles. The van der Waals surface area contributed by atoms with Gasteiger partial charge in [-0.3, -0.25) is 20.4 Å². The minimum absolute atomic E-state index is 0.375. The molecule has 1 unspecified atom stereocenters. The van der Waals surface area contributed by atoms with Gasteiger partial charge in [-0.2, -0.15) is 0 Å². The lowest BCUT2D eigenvalue weighted by Crippen LogP contribution is -2.47. The summed E-state index contributed by atoms with van der Waals surface area (Å²) in [7, 11) is 0. The normalized spacial score (nSPS) is 11.4. The number of hydrogen-bond donors (Lipinski definition) is 2. The van der Waals surface area contributed by atoms with Gasteiger partial charge in [-0.1, -0.05) is 36.4 Å². The molecule has 2 amide bonds. The van der Waals surface area contributed by atoms with Gasteiger partial charge in [0.25, 0.3) is 11.8 Å². The van der Waals surface area contributed by atoms with Gasteiger partial charge in [0.05, 0.1) is 11.1 Å². The standard InChI is InChI=1S/C26H27BrN2O4/c1-17-9-11-22(15-18(17)2)33-19(3)25(30)28-29-26(31)21-10-12-24(23(27)16-21)32-14-13-20-7-5-4-6-8-20/h4-12,15-16,19H,13-14H2,1-3H3,(H,28,30)(H,29,31). The number of nitrogens with one attached hydrogen (secondary N) is 2. The Morgan fingerprint density at radius 2 is 1.70 bits per heavy atom. The third-order valence-corrected chi connectivity index (χ3v) is 5.76. The van der Waals surface area contributed by atoms with Crippen molar-refractivity contribution in [2.45, 2.75) is 33.3 Å². The quantitative estimate of drug-likeness (QED) is 0.422. The van der Waals surface area contributed by atoms with Gasteiger partial charge in [0.1, 0.15) is 11.5 Å². The summed E-state index contributed by atoms with van der Waals surface area (Å²) in [6.07, 6.45) is 0.00350. The van der Waals surface area contributed by atoms with Crippen LogP contribution in [0.5, 0.6) is 11.5 Å². The molecule has 3 aromatic rings. The largest absolute Gasteiger partial charge is 0.492 e. The fourth-order valence-corrected chi connectivity index (χ4v) is 3.51. The Balaban J connectivity index is 1.48. The summed E-state index contributed by atoms with van der Waals surface area (Å²) in [4.78, 5) is 24.8. The van der Waals surface area contributed by atoms with E-state index in [0.29, 0.717) is 28.1 Å². The topological polar surface area (TPSA) is 76.7 Å². The number of amides is 2. The molecule has 0 aliphatic rings. The van der Waals surface area contributed by atoms with Gasteiger partial charge in [0.15, 0.2) is 6.10 Å². The van der Waals surface area contributed by atoms with E-state index in [-0.39, 0.29) is 0 Å². The zero-order chi connectivity index (χ0) is 23.8. The molecular formula is C26H27BrN2O4. The van der Waals surface area contributed by atoms with Crippen molar-refractivity contribution in [2.75, 3.05) is 6.61 Å². The molecule has 0 saturated carbocycles. The number of aryl methyl sites for hydroxylation is 2. The first-order valence-electron chi connectivity index (χ1n) is 10.6.